The summed E-state index contributed by atoms with van der Waals surface area (Å²) in [7, 11) is 0. The van der Waals surface area contributed by atoms with Crippen LogP contribution in [0.2, 0.25) is 0 Å². The average molecular weight is 326 g/mol. The molecular formula is C15H22N2O4S. The number of aromatic nitrogens is 1. The Morgan fingerprint density at radius 2 is 2.23 bits per heavy atom. The number of amides is 1. The minimum absolute atomic E-state index is 0.00695. The predicted octanol–water partition coefficient (Wildman–Crippen LogP) is 2.19. The molecule has 1 aromatic rings. The fraction of sp³-hybridized carbons (Fsp3) is 0.667. The summed E-state index contributed by atoms with van der Waals surface area (Å²) in [4.78, 5) is 30.1. The second-order valence-electron chi connectivity index (χ2n) is 5.34. The van der Waals surface area contributed by atoms with Crippen LogP contribution in [0.1, 0.15) is 31.2 Å². The van der Waals surface area contributed by atoms with Gasteiger partial charge < -0.3 is 14.1 Å². The minimum atomic E-state index is -0.202. The molecule has 0 saturated carbocycles. The van der Waals surface area contributed by atoms with Crippen molar-refractivity contribution in [1.29, 1.82) is 0 Å². The normalized spacial score (nSPS) is 18.3. The predicted molar refractivity (Wildman–Crippen MR) is 82.6 cm³/mol. The van der Waals surface area contributed by atoms with E-state index in [1.54, 1.807) is 11.8 Å². The molecule has 0 aliphatic carbocycles. The zero-order chi connectivity index (χ0) is 16.1. The highest BCUT2D eigenvalue weighted by Crippen LogP contribution is 2.23. The molecule has 0 N–H and O–H groups in total. The van der Waals surface area contributed by atoms with E-state index in [-0.39, 0.29) is 23.5 Å². The van der Waals surface area contributed by atoms with Crippen molar-refractivity contribution in [2.45, 2.75) is 38.8 Å². The van der Waals surface area contributed by atoms with Gasteiger partial charge in [-0.1, -0.05) is 11.8 Å². The highest BCUT2D eigenvalue weighted by molar-refractivity contribution is 7.99. The van der Waals surface area contributed by atoms with E-state index in [0.717, 1.165) is 24.3 Å². The van der Waals surface area contributed by atoms with E-state index in [4.69, 9.17) is 9.15 Å². The third-order valence-electron chi connectivity index (χ3n) is 3.72. The van der Waals surface area contributed by atoms with Gasteiger partial charge in [0.15, 0.2) is 0 Å². The first-order chi connectivity index (χ1) is 10.5. The lowest BCUT2D eigenvalue weighted by Gasteiger charge is -2.31. The Kier molecular flexibility index (Phi) is 5.88. The van der Waals surface area contributed by atoms with Crippen molar-refractivity contribution in [1.82, 2.24) is 9.88 Å². The lowest BCUT2D eigenvalue weighted by molar-refractivity contribution is -0.151. The van der Waals surface area contributed by atoms with Crippen LogP contribution in [-0.2, 0) is 14.3 Å². The first kappa shape index (κ1) is 16.9. The second-order valence-corrected chi connectivity index (χ2v) is 6.27. The molecular weight excluding hydrogens is 304 g/mol. The molecule has 0 spiro atoms. The standard InChI is InChI=1S/C15H22N2O4S/c1-4-20-14(19)12-6-5-7-17(8-12)13(18)9-22-15-16-10(2)11(3)21-15/h12H,4-9H2,1-3H3. The molecule has 1 saturated heterocycles. The molecule has 1 amide bonds. The van der Waals surface area contributed by atoms with Crippen LogP contribution in [0, 0.1) is 19.8 Å². The number of hydrogen-bond acceptors (Lipinski definition) is 6. The van der Waals surface area contributed by atoms with E-state index in [2.05, 4.69) is 4.98 Å². The van der Waals surface area contributed by atoms with Gasteiger partial charge in [-0.15, -0.1) is 0 Å². The Balaban J connectivity index is 1.85. The Bertz CT molecular complexity index is 524. The molecule has 1 fully saturated rings. The largest absolute Gasteiger partial charge is 0.466 e. The monoisotopic (exact) mass is 326 g/mol. The summed E-state index contributed by atoms with van der Waals surface area (Å²) >= 11 is 1.29. The number of ether oxygens (including phenoxy) is 1. The van der Waals surface area contributed by atoms with Crippen molar-refractivity contribution in [3.05, 3.63) is 11.5 Å². The summed E-state index contributed by atoms with van der Waals surface area (Å²) in [6, 6.07) is 0. The van der Waals surface area contributed by atoms with Crippen LogP contribution < -0.4 is 0 Å². The maximum absolute atomic E-state index is 12.3. The maximum atomic E-state index is 12.3. The van der Waals surface area contributed by atoms with Crippen molar-refractivity contribution in [3.63, 3.8) is 0 Å². The van der Waals surface area contributed by atoms with Crippen LogP contribution in [0.4, 0.5) is 0 Å². The molecule has 2 heterocycles. The molecule has 1 aromatic heterocycles. The summed E-state index contributed by atoms with van der Waals surface area (Å²) in [5.74, 6) is 0.651. The number of esters is 1. The van der Waals surface area contributed by atoms with E-state index in [0.29, 0.717) is 24.9 Å². The molecule has 2 rings (SSSR count). The number of carbonyl (C=O) groups excluding carboxylic acids is 2. The number of piperidine rings is 1. The number of carbonyl (C=O) groups is 2. The molecule has 0 aromatic carbocycles. The number of rotatable bonds is 5. The summed E-state index contributed by atoms with van der Waals surface area (Å²) in [6.45, 7) is 7.03. The van der Waals surface area contributed by atoms with Gasteiger partial charge in [0.05, 0.1) is 24.0 Å². The third kappa shape index (κ3) is 4.25. The maximum Gasteiger partial charge on any atom is 0.310 e. The zero-order valence-corrected chi connectivity index (χ0v) is 14.1. The Morgan fingerprint density at radius 1 is 1.45 bits per heavy atom. The first-order valence-corrected chi connectivity index (χ1v) is 8.51. The lowest BCUT2D eigenvalue weighted by atomic mass is 9.98. The molecule has 0 bridgehead atoms. The summed E-state index contributed by atoms with van der Waals surface area (Å²) in [5.41, 5.74) is 0.843. The lowest BCUT2D eigenvalue weighted by Crippen LogP contribution is -2.43. The van der Waals surface area contributed by atoms with E-state index in [9.17, 15) is 9.59 Å². The molecule has 1 unspecified atom stereocenters. The van der Waals surface area contributed by atoms with Crippen molar-refractivity contribution in [2.24, 2.45) is 5.92 Å². The Morgan fingerprint density at radius 3 is 2.86 bits per heavy atom. The first-order valence-electron chi connectivity index (χ1n) is 7.52. The van der Waals surface area contributed by atoms with Crippen molar-refractivity contribution >= 4 is 23.6 Å². The smallest absolute Gasteiger partial charge is 0.310 e. The van der Waals surface area contributed by atoms with Gasteiger partial charge in [0.1, 0.15) is 5.76 Å². The van der Waals surface area contributed by atoms with Gasteiger partial charge in [0.2, 0.25) is 5.91 Å². The third-order valence-corrected chi connectivity index (χ3v) is 4.53. The van der Waals surface area contributed by atoms with Crippen LogP contribution in [-0.4, -0.2) is 47.2 Å². The summed E-state index contributed by atoms with van der Waals surface area (Å²) < 4.78 is 10.5. The topological polar surface area (TPSA) is 72.6 Å². The second kappa shape index (κ2) is 7.67. The van der Waals surface area contributed by atoms with Crippen molar-refractivity contribution in [2.75, 3.05) is 25.4 Å². The molecule has 6 nitrogen and oxygen atoms in total. The zero-order valence-electron chi connectivity index (χ0n) is 13.3. The molecule has 1 atom stereocenters. The molecule has 7 heteroatoms. The number of oxazole rings is 1. The number of aryl methyl sites for hydroxylation is 2. The van der Waals surface area contributed by atoms with Gasteiger partial charge in [-0.25, -0.2) is 4.98 Å². The van der Waals surface area contributed by atoms with Crippen LogP contribution in [0.25, 0.3) is 0 Å². The molecule has 1 aliphatic rings. The molecule has 1 aliphatic heterocycles. The van der Waals surface area contributed by atoms with Gasteiger partial charge in [-0.05, 0) is 33.6 Å². The Hall–Kier alpha value is -1.50. The fourth-order valence-corrected chi connectivity index (χ4v) is 3.19. The van der Waals surface area contributed by atoms with Gasteiger partial charge in [-0.3, -0.25) is 9.59 Å². The summed E-state index contributed by atoms with van der Waals surface area (Å²) in [5, 5.41) is 0.516. The van der Waals surface area contributed by atoms with E-state index in [1.807, 2.05) is 13.8 Å². The fourth-order valence-electron chi connectivity index (χ4n) is 2.38. The van der Waals surface area contributed by atoms with E-state index >= 15 is 0 Å². The molecule has 0 radical (unpaired) electrons. The molecule has 122 valence electrons. The average Bonchev–Trinajstić information content (AvgIpc) is 2.84. The number of thioether (sulfide) groups is 1. The molecule has 22 heavy (non-hydrogen) atoms. The van der Waals surface area contributed by atoms with Crippen LogP contribution >= 0.6 is 11.8 Å². The van der Waals surface area contributed by atoms with Crippen LogP contribution in [0.5, 0.6) is 0 Å². The van der Waals surface area contributed by atoms with Crippen molar-refractivity contribution < 1.29 is 18.7 Å². The van der Waals surface area contributed by atoms with Crippen molar-refractivity contribution in [3.8, 4) is 0 Å². The van der Waals surface area contributed by atoms with Gasteiger partial charge in [0.25, 0.3) is 5.22 Å². The van der Waals surface area contributed by atoms with Gasteiger partial charge >= 0.3 is 5.97 Å². The number of likely N-dealkylation sites (tertiary alicyclic amines) is 1. The van der Waals surface area contributed by atoms with E-state index in [1.165, 1.54) is 11.8 Å². The highest BCUT2D eigenvalue weighted by atomic mass is 32.2. The van der Waals surface area contributed by atoms with Gasteiger partial charge in [0, 0.05) is 13.1 Å². The highest BCUT2D eigenvalue weighted by Gasteiger charge is 2.29. The van der Waals surface area contributed by atoms with Crippen LogP contribution in [0.3, 0.4) is 0 Å². The van der Waals surface area contributed by atoms with Gasteiger partial charge in [-0.2, -0.15) is 0 Å². The minimum Gasteiger partial charge on any atom is -0.466 e. The summed E-state index contributed by atoms with van der Waals surface area (Å²) in [6.07, 6.45) is 1.62. The number of nitrogens with zero attached hydrogens (tertiary/aromatic N) is 2. The Labute approximate surface area is 134 Å². The SMILES string of the molecule is CCOC(=O)C1CCCN(C(=O)CSc2nc(C)c(C)o2)C1. The van der Waals surface area contributed by atoms with Crippen LogP contribution in [0.15, 0.2) is 9.64 Å². The van der Waals surface area contributed by atoms with E-state index < -0.39 is 0 Å². The number of hydrogen-bond donors (Lipinski definition) is 0. The quantitative estimate of drug-likeness (QED) is 0.610.